The van der Waals surface area contributed by atoms with Gasteiger partial charge in [-0.15, -0.1) is 0 Å². The fraction of sp³-hybridized carbons (Fsp3) is 0.786. The van der Waals surface area contributed by atoms with Crippen molar-refractivity contribution < 1.29 is 0 Å². The van der Waals surface area contributed by atoms with Crippen LogP contribution in [0.15, 0.2) is 0 Å². The Hall–Kier alpha value is -0.190. The summed E-state index contributed by atoms with van der Waals surface area (Å²) in [6.07, 6.45) is 5.16. The number of halogens is 1. The molecule has 19 heavy (non-hydrogen) atoms. The third-order valence-electron chi connectivity index (χ3n) is 3.18. The number of nitrogens with one attached hydrogen (secondary N) is 1. The second kappa shape index (κ2) is 8.88. The maximum atomic E-state index is 6.47. The minimum absolute atomic E-state index is 0.471. The van der Waals surface area contributed by atoms with Crippen molar-refractivity contribution in [2.45, 2.75) is 52.6 Å². The summed E-state index contributed by atoms with van der Waals surface area (Å²) in [5.74, 6) is 1.10. The van der Waals surface area contributed by atoms with Gasteiger partial charge in [-0.05, 0) is 32.6 Å². The minimum Gasteiger partial charge on any atom is -0.313 e. The molecule has 1 atom stereocenters. The van der Waals surface area contributed by atoms with Crippen molar-refractivity contribution in [3.05, 3.63) is 16.4 Å². The van der Waals surface area contributed by atoms with Crippen LogP contribution in [0.4, 0.5) is 0 Å². The maximum absolute atomic E-state index is 6.47. The van der Waals surface area contributed by atoms with E-state index in [2.05, 4.69) is 42.1 Å². The molecule has 0 bridgehead atoms. The van der Waals surface area contributed by atoms with Crippen molar-refractivity contribution in [2.24, 2.45) is 0 Å². The number of thioether (sulfide) groups is 1. The first-order valence-corrected chi connectivity index (χ1v) is 8.91. The van der Waals surface area contributed by atoms with Crippen LogP contribution in [0.1, 0.15) is 38.6 Å². The molecule has 1 N–H and O–H groups in total. The monoisotopic (exact) mass is 303 g/mol. The van der Waals surface area contributed by atoms with Gasteiger partial charge in [0.1, 0.15) is 0 Å². The van der Waals surface area contributed by atoms with Crippen molar-refractivity contribution >= 4 is 23.4 Å². The van der Waals surface area contributed by atoms with Crippen molar-refractivity contribution in [2.75, 3.05) is 18.6 Å². The molecule has 1 aromatic heterocycles. The van der Waals surface area contributed by atoms with Crippen LogP contribution < -0.4 is 5.32 Å². The van der Waals surface area contributed by atoms with Crippen LogP contribution in [0.25, 0.3) is 0 Å². The van der Waals surface area contributed by atoms with Gasteiger partial charge < -0.3 is 5.32 Å². The lowest BCUT2D eigenvalue weighted by Crippen LogP contribution is -2.34. The Balaban J connectivity index is 2.84. The molecule has 0 aliphatic carbocycles. The highest BCUT2D eigenvalue weighted by atomic mass is 35.5. The number of rotatable bonds is 9. The van der Waals surface area contributed by atoms with E-state index in [1.807, 2.05) is 11.8 Å². The smallest absolute Gasteiger partial charge is 0.0850 e. The van der Waals surface area contributed by atoms with E-state index in [1.165, 1.54) is 5.69 Å². The minimum atomic E-state index is 0.471. The van der Waals surface area contributed by atoms with Gasteiger partial charge in [0.2, 0.25) is 0 Å². The first kappa shape index (κ1) is 16.9. The van der Waals surface area contributed by atoms with Gasteiger partial charge in [0.25, 0.3) is 0 Å². The van der Waals surface area contributed by atoms with Crippen molar-refractivity contribution in [1.29, 1.82) is 0 Å². The molecule has 0 fully saturated rings. The molecule has 3 nitrogen and oxygen atoms in total. The van der Waals surface area contributed by atoms with Crippen LogP contribution in [0.2, 0.25) is 5.02 Å². The molecule has 0 radical (unpaired) electrons. The van der Waals surface area contributed by atoms with E-state index in [4.69, 9.17) is 11.6 Å². The molecule has 110 valence electrons. The molecule has 5 heteroatoms. The van der Waals surface area contributed by atoms with Gasteiger partial charge >= 0.3 is 0 Å². The zero-order chi connectivity index (χ0) is 14.3. The third-order valence-corrected chi connectivity index (χ3v) is 4.36. The van der Waals surface area contributed by atoms with E-state index in [0.717, 1.165) is 48.8 Å². The normalized spacial score (nSPS) is 12.9. The summed E-state index contributed by atoms with van der Waals surface area (Å²) in [6.45, 7) is 8.36. The van der Waals surface area contributed by atoms with Crippen LogP contribution in [-0.4, -0.2) is 34.4 Å². The van der Waals surface area contributed by atoms with Gasteiger partial charge in [0.15, 0.2) is 0 Å². The zero-order valence-electron chi connectivity index (χ0n) is 12.5. The number of hydrogen-bond acceptors (Lipinski definition) is 3. The largest absolute Gasteiger partial charge is 0.313 e. The van der Waals surface area contributed by atoms with Gasteiger partial charge in [-0.1, -0.05) is 25.4 Å². The predicted octanol–water partition coefficient (Wildman–Crippen LogP) is 3.39. The summed E-state index contributed by atoms with van der Waals surface area (Å²) >= 11 is 8.34. The molecule has 0 spiro atoms. The summed E-state index contributed by atoms with van der Waals surface area (Å²) < 4.78 is 2.06. The average Bonchev–Trinajstić information content (AvgIpc) is 2.72. The molecule has 1 rings (SSSR count). The summed E-state index contributed by atoms with van der Waals surface area (Å²) in [5.41, 5.74) is 2.21. The number of aromatic nitrogens is 2. The summed E-state index contributed by atoms with van der Waals surface area (Å²) in [6, 6.07) is 0.471. The highest BCUT2D eigenvalue weighted by molar-refractivity contribution is 7.98. The lowest BCUT2D eigenvalue weighted by atomic mass is 10.1. The first-order chi connectivity index (χ1) is 9.17. The molecule has 0 aromatic carbocycles. The van der Waals surface area contributed by atoms with Gasteiger partial charge in [0.05, 0.1) is 16.4 Å². The van der Waals surface area contributed by atoms with E-state index < -0.39 is 0 Å². The average molecular weight is 304 g/mol. The van der Waals surface area contributed by atoms with E-state index in [0.29, 0.717) is 6.04 Å². The topological polar surface area (TPSA) is 29.9 Å². The lowest BCUT2D eigenvalue weighted by molar-refractivity contribution is 0.520. The summed E-state index contributed by atoms with van der Waals surface area (Å²) in [7, 11) is 0. The van der Waals surface area contributed by atoms with Crippen LogP contribution in [0, 0.1) is 0 Å². The maximum Gasteiger partial charge on any atom is 0.0850 e. The van der Waals surface area contributed by atoms with Crippen LogP contribution in [-0.2, 0) is 19.4 Å². The van der Waals surface area contributed by atoms with Gasteiger partial charge in [-0.2, -0.15) is 16.9 Å². The fourth-order valence-electron chi connectivity index (χ4n) is 2.19. The molecular formula is C14H26ClN3S. The molecular weight excluding hydrogens is 278 g/mol. The Morgan fingerprint density at radius 3 is 2.63 bits per heavy atom. The second-order valence-corrected chi connectivity index (χ2v) is 5.98. The Morgan fingerprint density at radius 2 is 2.11 bits per heavy atom. The molecule has 0 saturated carbocycles. The van der Waals surface area contributed by atoms with Gasteiger partial charge in [-0.25, -0.2) is 0 Å². The Kier molecular flexibility index (Phi) is 7.88. The highest BCUT2D eigenvalue weighted by Gasteiger charge is 2.18. The quantitative estimate of drug-likeness (QED) is 0.758. The lowest BCUT2D eigenvalue weighted by Gasteiger charge is -2.18. The zero-order valence-corrected chi connectivity index (χ0v) is 14.1. The van der Waals surface area contributed by atoms with E-state index in [1.54, 1.807) is 0 Å². The van der Waals surface area contributed by atoms with Crippen LogP contribution in [0.5, 0.6) is 0 Å². The molecule has 1 aromatic rings. The van der Waals surface area contributed by atoms with E-state index >= 15 is 0 Å². The SMILES string of the molecule is CCCNC(CSC)Cc1c(Cl)c(CC)nn1CC. The molecule has 0 aliphatic heterocycles. The number of aryl methyl sites for hydroxylation is 2. The molecule has 1 heterocycles. The third kappa shape index (κ3) is 4.69. The standard InChI is InChI=1S/C14H26ClN3S/c1-5-8-16-11(10-19-4)9-13-14(15)12(6-2)17-18(13)7-3/h11,16H,5-10H2,1-4H3. The van der Waals surface area contributed by atoms with Crippen LogP contribution in [0.3, 0.4) is 0 Å². The van der Waals surface area contributed by atoms with E-state index in [9.17, 15) is 0 Å². The summed E-state index contributed by atoms with van der Waals surface area (Å²) in [5, 5.41) is 9.06. The van der Waals surface area contributed by atoms with Crippen LogP contribution >= 0.6 is 23.4 Å². The second-order valence-electron chi connectivity index (χ2n) is 4.69. The van der Waals surface area contributed by atoms with Crippen molar-refractivity contribution in [1.82, 2.24) is 15.1 Å². The van der Waals surface area contributed by atoms with Gasteiger partial charge in [0, 0.05) is 24.8 Å². The Morgan fingerprint density at radius 1 is 1.37 bits per heavy atom. The van der Waals surface area contributed by atoms with E-state index in [-0.39, 0.29) is 0 Å². The molecule has 0 aliphatic rings. The molecule has 0 saturated heterocycles. The Bertz CT molecular complexity index is 379. The number of hydrogen-bond donors (Lipinski definition) is 1. The molecule has 0 amide bonds. The fourth-order valence-corrected chi connectivity index (χ4v) is 3.17. The Labute approximate surface area is 126 Å². The highest BCUT2D eigenvalue weighted by Crippen LogP contribution is 2.23. The molecule has 1 unspecified atom stereocenters. The van der Waals surface area contributed by atoms with Crippen molar-refractivity contribution in [3.8, 4) is 0 Å². The van der Waals surface area contributed by atoms with Gasteiger partial charge in [-0.3, -0.25) is 4.68 Å². The predicted molar refractivity (Wildman–Crippen MR) is 86.5 cm³/mol. The summed E-state index contributed by atoms with van der Waals surface area (Å²) in [4.78, 5) is 0. The van der Waals surface area contributed by atoms with Crippen molar-refractivity contribution in [3.63, 3.8) is 0 Å². The first-order valence-electron chi connectivity index (χ1n) is 7.14. The number of nitrogens with zero attached hydrogens (tertiary/aromatic N) is 2.